The molecule has 1 N–H and O–H groups in total. The zero-order valence-electron chi connectivity index (χ0n) is 13.7. The fraction of sp³-hybridized carbons (Fsp3) is 0.500. The van der Waals surface area contributed by atoms with Crippen molar-refractivity contribution < 1.29 is 9.52 Å². The molecule has 0 saturated carbocycles. The summed E-state index contributed by atoms with van der Waals surface area (Å²) < 4.78 is 7.19. The molecule has 3 rings (SSSR count). The van der Waals surface area contributed by atoms with Crippen molar-refractivity contribution in [1.82, 2.24) is 19.5 Å². The van der Waals surface area contributed by atoms with Crippen LogP contribution in [-0.2, 0) is 0 Å². The van der Waals surface area contributed by atoms with E-state index < -0.39 is 0 Å². The zero-order chi connectivity index (χ0) is 16.4. The predicted molar refractivity (Wildman–Crippen MR) is 90.0 cm³/mol. The van der Waals surface area contributed by atoms with Crippen molar-refractivity contribution in [2.24, 2.45) is 0 Å². The minimum Gasteiger partial charge on any atom is -0.492 e. The molecule has 0 radical (unpaired) electrons. The molecule has 3 aromatic rings. The molecule has 1 unspecified atom stereocenters. The van der Waals surface area contributed by atoms with E-state index in [-0.39, 0.29) is 11.9 Å². The molecule has 0 aliphatic heterocycles. The molecule has 3 heterocycles. The second-order valence-corrected chi connectivity index (χ2v) is 6.61. The highest BCUT2D eigenvalue weighted by Gasteiger charge is 2.30. The van der Waals surface area contributed by atoms with Crippen LogP contribution in [0.1, 0.15) is 49.2 Å². The van der Waals surface area contributed by atoms with Crippen molar-refractivity contribution in [2.45, 2.75) is 39.7 Å². The van der Waals surface area contributed by atoms with Crippen LogP contribution in [0.15, 0.2) is 22.8 Å². The van der Waals surface area contributed by atoms with Gasteiger partial charge < -0.3 is 9.52 Å². The highest BCUT2D eigenvalue weighted by atomic mass is 32.1. The smallest absolute Gasteiger partial charge is 0.230 e. The first-order chi connectivity index (χ1) is 11.2. The van der Waals surface area contributed by atoms with Gasteiger partial charge in [0.1, 0.15) is 17.6 Å². The number of nitrogens with zero attached hydrogens (tertiary/aromatic N) is 4. The van der Waals surface area contributed by atoms with Crippen molar-refractivity contribution in [3.8, 4) is 5.88 Å². The van der Waals surface area contributed by atoms with Gasteiger partial charge in [-0.25, -0.2) is 4.98 Å². The Labute approximate surface area is 139 Å². The van der Waals surface area contributed by atoms with Gasteiger partial charge in [0.25, 0.3) is 0 Å². The molecular formula is C16H22N4O2S. The average molecular weight is 334 g/mol. The average Bonchev–Trinajstić information content (AvgIpc) is 3.21. The number of aryl methyl sites for hydroxylation is 1. The number of rotatable bonds is 7. The summed E-state index contributed by atoms with van der Waals surface area (Å²) in [5.74, 6) is 1.65. The maximum atomic E-state index is 10.7. The third-order valence-corrected chi connectivity index (χ3v) is 4.83. The van der Waals surface area contributed by atoms with E-state index in [1.165, 1.54) is 15.9 Å². The van der Waals surface area contributed by atoms with Crippen LogP contribution in [0.5, 0.6) is 5.88 Å². The lowest BCUT2D eigenvalue weighted by atomic mass is 10.1. The maximum absolute atomic E-state index is 10.7. The first-order valence-corrected chi connectivity index (χ1v) is 8.79. The molecule has 124 valence electrons. The van der Waals surface area contributed by atoms with Crippen LogP contribution in [0.2, 0.25) is 0 Å². The summed E-state index contributed by atoms with van der Waals surface area (Å²) in [5, 5.41) is 14.9. The number of aromatic nitrogens is 3. The Balaban J connectivity index is 2.09. The van der Waals surface area contributed by atoms with Gasteiger partial charge in [0.05, 0.1) is 11.1 Å². The van der Waals surface area contributed by atoms with Gasteiger partial charge >= 0.3 is 0 Å². The number of aromatic hydroxyl groups is 1. The van der Waals surface area contributed by atoms with Crippen LogP contribution in [-0.4, -0.2) is 37.7 Å². The highest BCUT2D eigenvalue weighted by molar-refractivity contribution is 7.17. The lowest BCUT2D eigenvalue weighted by molar-refractivity contribution is 0.202. The van der Waals surface area contributed by atoms with Gasteiger partial charge in [-0.2, -0.15) is 4.52 Å². The number of thiazole rings is 1. The summed E-state index contributed by atoms with van der Waals surface area (Å²) in [4.78, 5) is 8.25. The quantitative estimate of drug-likeness (QED) is 0.715. The van der Waals surface area contributed by atoms with Crippen molar-refractivity contribution in [3.05, 3.63) is 34.9 Å². The third kappa shape index (κ3) is 2.98. The Hall–Kier alpha value is -1.86. The molecule has 0 bridgehead atoms. The van der Waals surface area contributed by atoms with Crippen LogP contribution in [0.3, 0.4) is 0 Å². The minimum atomic E-state index is -0.112. The van der Waals surface area contributed by atoms with E-state index in [4.69, 9.17) is 4.42 Å². The monoisotopic (exact) mass is 334 g/mol. The van der Waals surface area contributed by atoms with Gasteiger partial charge in [-0.15, -0.1) is 5.10 Å². The molecule has 6 nitrogen and oxygen atoms in total. The largest absolute Gasteiger partial charge is 0.492 e. The topological polar surface area (TPSA) is 66.8 Å². The van der Waals surface area contributed by atoms with E-state index in [2.05, 4.69) is 28.8 Å². The normalized spacial score (nSPS) is 13.2. The molecule has 0 aliphatic rings. The molecule has 0 amide bonds. The summed E-state index contributed by atoms with van der Waals surface area (Å²) in [6.45, 7) is 8.02. The second-order valence-electron chi connectivity index (χ2n) is 5.60. The molecule has 0 aromatic carbocycles. The van der Waals surface area contributed by atoms with Crippen molar-refractivity contribution >= 4 is 16.3 Å². The second kappa shape index (κ2) is 6.72. The predicted octanol–water partition coefficient (Wildman–Crippen LogP) is 3.61. The van der Waals surface area contributed by atoms with Crippen molar-refractivity contribution in [3.63, 3.8) is 0 Å². The molecule has 0 spiro atoms. The maximum Gasteiger partial charge on any atom is 0.230 e. The molecule has 7 heteroatoms. The fourth-order valence-electron chi connectivity index (χ4n) is 2.89. The summed E-state index contributed by atoms with van der Waals surface area (Å²) in [6.07, 6.45) is 3.76. The Morgan fingerprint density at radius 1 is 1.35 bits per heavy atom. The highest BCUT2D eigenvalue weighted by Crippen LogP contribution is 2.40. The number of fused-ring (bicyclic) bond motifs is 1. The molecule has 0 fully saturated rings. The van der Waals surface area contributed by atoms with Crippen LogP contribution >= 0.6 is 11.3 Å². The van der Waals surface area contributed by atoms with Gasteiger partial charge in [0, 0.05) is 0 Å². The van der Waals surface area contributed by atoms with E-state index >= 15 is 0 Å². The molecule has 1 atom stereocenters. The Kier molecular flexibility index (Phi) is 4.68. The number of hydrogen-bond acceptors (Lipinski definition) is 6. The van der Waals surface area contributed by atoms with Gasteiger partial charge in [-0.1, -0.05) is 25.2 Å². The van der Waals surface area contributed by atoms with Crippen LogP contribution < -0.4 is 0 Å². The summed E-state index contributed by atoms with van der Waals surface area (Å²) >= 11 is 1.47. The number of furan rings is 1. The van der Waals surface area contributed by atoms with Crippen LogP contribution in [0.25, 0.3) is 4.96 Å². The zero-order valence-corrected chi connectivity index (χ0v) is 14.5. The number of hydrogen-bond donors (Lipinski definition) is 1. The summed E-state index contributed by atoms with van der Waals surface area (Å²) in [6, 6.07) is 3.74. The lowest BCUT2D eigenvalue weighted by Gasteiger charge is -2.29. The van der Waals surface area contributed by atoms with Gasteiger partial charge in [0.15, 0.2) is 0 Å². The van der Waals surface area contributed by atoms with E-state index in [0.717, 1.165) is 36.6 Å². The van der Waals surface area contributed by atoms with Crippen LogP contribution in [0.4, 0.5) is 0 Å². The van der Waals surface area contributed by atoms with Gasteiger partial charge in [-0.3, -0.25) is 4.90 Å². The molecule has 3 aromatic heterocycles. The molecule has 23 heavy (non-hydrogen) atoms. The van der Waals surface area contributed by atoms with E-state index in [1.54, 1.807) is 6.26 Å². The first-order valence-electron chi connectivity index (χ1n) is 7.98. The molecular weight excluding hydrogens is 312 g/mol. The first kappa shape index (κ1) is 16.0. The van der Waals surface area contributed by atoms with Crippen LogP contribution in [0, 0.1) is 6.92 Å². The lowest BCUT2D eigenvalue weighted by Crippen LogP contribution is -2.30. The summed E-state index contributed by atoms with van der Waals surface area (Å²) in [7, 11) is 0. The third-order valence-electron chi connectivity index (χ3n) is 3.75. The van der Waals surface area contributed by atoms with Gasteiger partial charge in [0.2, 0.25) is 10.8 Å². The Morgan fingerprint density at radius 3 is 2.65 bits per heavy atom. The Morgan fingerprint density at radius 2 is 2.09 bits per heavy atom. The van der Waals surface area contributed by atoms with Gasteiger partial charge in [-0.05, 0) is 45.0 Å². The Bertz CT molecular complexity index is 757. The molecule has 0 saturated heterocycles. The standard InChI is InChI=1S/C16H22N4O2S/c1-4-8-19(9-5-2)13(12-7-6-10-22-12)14-15(21)20-16(23-14)17-11(3)18-20/h6-7,10,13,21H,4-5,8-9H2,1-3H3. The minimum absolute atomic E-state index is 0.112. The molecule has 0 aliphatic carbocycles. The van der Waals surface area contributed by atoms with E-state index in [9.17, 15) is 5.11 Å². The fourth-order valence-corrected chi connectivity index (χ4v) is 4.04. The van der Waals surface area contributed by atoms with Crippen molar-refractivity contribution in [1.29, 1.82) is 0 Å². The summed E-state index contributed by atoms with van der Waals surface area (Å²) in [5.41, 5.74) is 0. The van der Waals surface area contributed by atoms with E-state index in [0.29, 0.717) is 10.8 Å². The van der Waals surface area contributed by atoms with E-state index in [1.807, 2.05) is 19.1 Å². The van der Waals surface area contributed by atoms with Crippen molar-refractivity contribution in [2.75, 3.05) is 13.1 Å². The SMILES string of the molecule is CCCN(CCC)C(c1ccco1)c1sc2nc(C)nn2c1O.